The third kappa shape index (κ3) is 4.04. The lowest BCUT2D eigenvalue weighted by Gasteiger charge is -2.12. The van der Waals surface area contributed by atoms with Gasteiger partial charge < -0.3 is 9.84 Å². The second kappa shape index (κ2) is 7.19. The maximum absolute atomic E-state index is 13.3. The number of aliphatic hydroxyl groups excluding tert-OH is 1. The zero-order valence-corrected chi connectivity index (χ0v) is 13.5. The quantitative estimate of drug-likeness (QED) is 0.807. The van der Waals surface area contributed by atoms with Crippen molar-refractivity contribution in [2.75, 3.05) is 13.7 Å². The highest BCUT2D eigenvalue weighted by atomic mass is 32.2. The predicted molar refractivity (Wildman–Crippen MR) is 82.0 cm³/mol. The second-order valence-electron chi connectivity index (χ2n) is 4.55. The van der Waals surface area contributed by atoms with Crippen LogP contribution in [0.4, 0.5) is 4.39 Å². The van der Waals surface area contributed by atoms with Crippen LogP contribution in [-0.4, -0.2) is 27.2 Å². The molecule has 1 aromatic carbocycles. The zero-order chi connectivity index (χ0) is 16.2. The molecule has 2 N–H and O–H groups in total. The number of halogens is 1. The first kappa shape index (κ1) is 16.9. The molecule has 0 spiro atoms. The minimum absolute atomic E-state index is 0.0268. The van der Waals surface area contributed by atoms with Crippen molar-refractivity contribution in [1.82, 2.24) is 4.72 Å². The summed E-state index contributed by atoms with van der Waals surface area (Å²) in [5, 5.41) is 13.5. The Kier molecular flexibility index (Phi) is 5.52. The van der Waals surface area contributed by atoms with Crippen molar-refractivity contribution in [3.8, 4) is 5.75 Å². The number of hydrogen-bond donors (Lipinski definition) is 2. The lowest BCUT2D eigenvalue weighted by Crippen LogP contribution is -2.26. The first-order valence-corrected chi connectivity index (χ1v) is 8.90. The van der Waals surface area contributed by atoms with Crippen LogP contribution in [0, 0.1) is 5.82 Å². The lowest BCUT2D eigenvalue weighted by atomic mass is 10.1. The minimum Gasteiger partial charge on any atom is -0.495 e. The summed E-state index contributed by atoms with van der Waals surface area (Å²) >= 11 is 1.45. The van der Waals surface area contributed by atoms with Gasteiger partial charge in [-0.3, -0.25) is 0 Å². The smallest absolute Gasteiger partial charge is 0.244 e. The number of hydrogen-bond acceptors (Lipinski definition) is 5. The van der Waals surface area contributed by atoms with Gasteiger partial charge in [0.15, 0.2) is 0 Å². The molecule has 1 atom stereocenters. The predicted octanol–water partition coefficient (Wildman–Crippen LogP) is 2.30. The maximum Gasteiger partial charge on any atom is 0.244 e. The van der Waals surface area contributed by atoms with Crippen molar-refractivity contribution in [2.45, 2.75) is 17.4 Å². The fourth-order valence-electron chi connectivity index (χ4n) is 1.90. The molecule has 1 heterocycles. The molecule has 0 aliphatic heterocycles. The molecule has 0 fully saturated rings. The summed E-state index contributed by atoms with van der Waals surface area (Å²) in [5.74, 6) is -0.605. The second-order valence-corrected chi connectivity index (χ2v) is 7.07. The summed E-state index contributed by atoms with van der Waals surface area (Å²) < 4.78 is 44.9. The Morgan fingerprint density at radius 3 is 2.82 bits per heavy atom. The first-order chi connectivity index (χ1) is 10.4. The van der Waals surface area contributed by atoms with Crippen LogP contribution < -0.4 is 9.46 Å². The van der Waals surface area contributed by atoms with Gasteiger partial charge in [0.2, 0.25) is 10.0 Å². The van der Waals surface area contributed by atoms with E-state index in [0.717, 1.165) is 17.7 Å². The molecule has 0 unspecified atom stereocenters. The van der Waals surface area contributed by atoms with E-state index in [9.17, 15) is 17.9 Å². The van der Waals surface area contributed by atoms with Crippen molar-refractivity contribution in [3.05, 3.63) is 46.4 Å². The van der Waals surface area contributed by atoms with Gasteiger partial charge in [-0.1, -0.05) is 0 Å². The Morgan fingerprint density at radius 1 is 1.41 bits per heavy atom. The SMILES string of the molecule is COc1ccc(F)cc1S(=O)(=O)NCC[C@@H](O)c1ccsc1. The average Bonchev–Trinajstić information content (AvgIpc) is 3.01. The number of methoxy groups -OCH3 is 1. The largest absolute Gasteiger partial charge is 0.495 e. The highest BCUT2D eigenvalue weighted by molar-refractivity contribution is 7.89. The monoisotopic (exact) mass is 345 g/mol. The van der Waals surface area contributed by atoms with Crippen LogP contribution in [0.2, 0.25) is 0 Å². The zero-order valence-electron chi connectivity index (χ0n) is 11.8. The molecule has 0 radical (unpaired) electrons. The number of aliphatic hydroxyl groups is 1. The molecular weight excluding hydrogens is 329 g/mol. The van der Waals surface area contributed by atoms with E-state index in [2.05, 4.69) is 4.72 Å². The number of sulfonamides is 1. The van der Waals surface area contributed by atoms with Gasteiger partial charge in [-0.05, 0) is 47.0 Å². The van der Waals surface area contributed by atoms with Gasteiger partial charge in [-0.15, -0.1) is 0 Å². The van der Waals surface area contributed by atoms with Crippen LogP contribution in [-0.2, 0) is 10.0 Å². The van der Waals surface area contributed by atoms with Crippen molar-refractivity contribution in [1.29, 1.82) is 0 Å². The van der Waals surface area contributed by atoms with Crippen molar-refractivity contribution >= 4 is 21.4 Å². The van der Waals surface area contributed by atoms with Crippen LogP contribution in [0.3, 0.4) is 0 Å². The number of nitrogens with one attached hydrogen (secondary N) is 1. The Labute approximate surface area is 132 Å². The topological polar surface area (TPSA) is 75.6 Å². The summed E-state index contributed by atoms with van der Waals surface area (Å²) in [5.41, 5.74) is 0.743. The molecule has 8 heteroatoms. The summed E-state index contributed by atoms with van der Waals surface area (Å²) in [7, 11) is -2.60. The molecule has 22 heavy (non-hydrogen) atoms. The minimum atomic E-state index is -3.91. The van der Waals surface area contributed by atoms with Crippen molar-refractivity contribution in [2.24, 2.45) is 0 Å². The molecule has 0 amide bonds. The molecule has 2 rings (SSSR count). The Hall–Kier alpha value is -1.48. The summed E-state index contributed by atoms with van der Waals surface area (Å²) in [6.07, 6.45) is -0.531. The van der Waals surface area contributed by atoms with E-state index in [1.807, 2.05) is 5.38 Å². The third-order valence-corrected chi connectivity index (χ3v) is 5.24. The van der Waals surface area contributed by atoms with Crippen LogP contribution in [0.25, 0.3) is 0 Å². The molecule has 0 saturated carbocycles. The molecule has 1 aromatic heterocycles. The van der Waals surface area contributed by atoms with Gasteiger partial charge in [0.25, 0.3) is 0 Å². The fourth-order valence-corrected chi connectivity index (χ4v) is 3.83. The van der Waals surface area contributed by atoms with E-state index in [1.165, 1.54) is 24.5 Å². The number of ether oxygens (including phenoxy) is 1. The van der Waals surface area contributed by atoms with Gasteiger partial charge in [0.05, 0.1) is 13.2 Å². The van der Waals surface area contributed by atoms with Gasteiger partial charge in [0, 0.05) is 6.54 Å². The molecular formula is C14H16FNO4S2. The number of benzene rings is 1. The Bertz CT molecular complexity index is 716. The molecule has 0 saturated heterocycles. The van der Waals surface area contributed by atoms with Gasteiger partial charge >= 0.3 is 0 Å². The van der Waals surface area contributed by atoms with Gasteiger partial charge in [0.1, 0.15) is 16.5 Å². The van der Waals surface area contributed by atoms with E-state index < -0.39 is 21.9 Å². The summed E-state index contributed by atoms with van der Waals surface area (Å²) in [6.45, 7) is 0.0268. The molecule has 0 aliphatic rings. The highest BCUT2D eigenvalue weighted by Crippen LogP contribution is 2.24. The van der Waals surface area contributed by atoms with Crippen molar-refractivity contribution in [3.63, 3.8) is 0 Å². The van der Waals surface area contributed by atoms with E-state index in [0.29, 0.717) is 0 Å². The third-order valence-electron chi connectivity index (χ3n) is 3.05. The first-order valence-electron chi connectivity index (χ1n) is 6.47. The van der Waals surface area contributed by atoms with Crippen LogP contribution in [0.5, 0.6) is 5.75 Å². The maximum atomic E-state index is 13.3. The molecule has 5 nitrogen and oxygen atoms in total. The van der Waals surface area contributed by atoms with Crippen LogP contribution in [0.15, 0.2) is 39.9 Å². The number of thiophene rings is 1. The summed E-state index contributed by atoms with van der Waals surface area (Å²) in [4.78, 5) is -0.264. The fraction of sp³-hybridized carbons (Fsp3) is 0.286. The van der Waals surface area contributed by atoms with E-state index >= 15 is 0 Å². The van der Waals surface area contributed by atoms with Crippen LogP contribution in [0.1, 0.15) is 18.1 Å². The molecule has 0 aliphatic carbocycles. The number of rotatable bonds is 7. The normalized spacial score (nSPS) is 13.0. The Morgan fingerprint density at radius 2 is 2.18 bits per heavy atom. The lowest BCUT2D eigenvalue weighted by molar-refractivity contribution is 0.169. The Balaban J connectivity index is 2.04. The highest BCUT2D eigenvalue weighted by Gasteiger charge is 2.20. The van der Waals surface area contributed by atoms with Crippen LogP contribution >= 0.6 is 11.3 Å². The summed E-state index contributed by atoms with van der Waals surface area (Å²) in [6, 6.07) is 5.05. The average molecular weight is 345 g/mol. The van der Waals surface area contributed by atoms with E-state index in [-0.39, 0.29) is 23.6 Å². The molecule has 0 bridgehead atoms. The van der Waals surface area contributed by atoms with Gasteiger partial charge in [-0.25, -0.2) is 17.5 Å². The van der Waals surface area contributed by atoms with Gasteiger partial charge in [-0.2, -0.15) is 11.3 Å². The van der Waals surface area contributed by atoms with Crippen molar-refractivity contribution < 1.29 is 22.7 Å². The molecule has 120 valence electrons. The standard InChI is InChI=1S/C14H16FNO4S2/c1-20-13-3-2-11(15)8-14(13)22(18,19)16-6-4-12(17)10-5-7-21-9-10/h2-3,5,7-9,12,16-17H,4,6H2,1H3/t12-/m1/s1. The molecule has 2 aromatic rings. The van der Waals surface area contributed by atoms with E-state index in [4.69, 9.17) is 4.74 Å². The van der Waals surface area contributed by atoms with E-state index in [1.54, 1.807) is 11.4 Å².